The summed E-state index contributed by atoms with van der Waals surface area (Å²) in [4.78, 5) is 10.6. The third-order valence-electron chi connectivity index (χ3n) is 1.73. The van der Waals surface area contributed by atoms with Gasteiger partial charge in [0.25, 0.3) is 0 Å². The minimum atomic E-state index is -1.71. The third-order valence-corrected chi connectivity index (χ3v) is 1.73. The highest BCUT2D eigenvalue weighted by molar-refractivity contribution is 5.80. The molecule has 0 aliphatic rings. The molecule has 0 aromatic carbocycles. The Hall–Kier alpha value is -0.530. The molecule has 6 nitrogen and oxygen atoms in total. The van der Waals surface area contributed by atoms with Crippen LogP contribution in [0.4, 0.5) is 0 Å². The number of rotatable bonds is 5. The Morgan fingerprint density at radius 3 is 2.00 bits per heavy atom. The molecule has 6 heteroatoms. The van der Waals surface area contributed by atoms with E-state index < -0.39 is 30.2 Å². The summed E-state index contributed by atoms with van der Waals surface area (Å²) >= 11 is 0. The smallest absolute Gasteiger partial charge is 0.160 e. The number of hydrogen-bond acceptors (Lipinski definition) is 6. The predicted molar refractivity (Wildman–Crippen MR) is 43.8 cm³/mol. The fourth-order valence-corrected chi connectivity index (χ4v) is 0.794. The molecule has 0 saturated heterocycles. The van der Waals surface area contributed by atoms with Crippen LogP contribution in [0.2, 0.25) is 0 Å². The molecule has 0 bridgehead atoms. The molecule has 0 unspecified atom stereocenters. The van der Waals surface area contributed by atoms with Crippen molar-refractivity contribution in [2.45, 2.75) is 31.3 Å². The predicted octanol–water partition coefficient (Wildman–Crippen LogP) is -3.02. The van der Waals surface area contributed by atoms with Crippen LogP contribution in [0, 0.1) is 0 Å². The van der Waals surface area contributed by atoms with Crippen molar-refractivity contribution in [3.05, 3.63) is 0 Å². The summed E-state index contributed by atoms with van der Waals surface area (Å²) in [6, 6.07) is 0. The lowest BCUT2D eigenvalue weighted by atomic mass is 10.0. The van der Waals surface area contributed by atoms with Gasteiger partial charge in [-0.25, -0.2) is 0 Å². The van der Waals surface area contributed by atoms with Gasteiger partial charge < -0.3 is 26.2 Å². The largest absolute Gasteiger partial charge is 0.389 e. The highest BCUT2D eigenvalue weighted by Gasteiger charge is 2.31. The number of ketones is 1. The first-order valence-corrected chi connectivity index (χ1v) is 3.84. The van der Waals surface area contributed by atoms with E-state index in [1.54, 1.807) is 0 Å². The highest BCUT2D eigenvalue weighted by atomic mass is 16.4. The Morgan fingerprint density at radius 1 is 1.23 bits per heavy atom. The van der Waals surface area contributed by atoms with E-state index in [1.807, 2.05) is 0 Å². The molecular formula is C7H15NO5. The Morgan fingerprint density at radius 2 is 1.69 bits per heavy atom. The second kappa shape index (κ2) is 5.25. The number of carbonyl (C=O) groups is 1. The SMILES string of the molecule is CC(=O)[C@H](O)[C@@H](O)[C@H](O)[C@H](O)CN. The van der Waals surface area contributed by atoms with Gasteiger partial charge in [0, 0.05) is 6.54 Å². The van der Waals surface area contributed by atoms with Crippen molar-refractivity contribution >= 4 is 5.78 Å². The van der Waals surface area contributed by atoms with E-state index in [9.17, 15) is 4.79 Å². The molecule has 0 rings (SSSR count). The molecular weight excluding hydrogens is 178 g/mol. The van der Waals surface area contributed by atoms with Crippen LogP contribution in [0.3, 0.4) is 0 Å². The van der Waals surface area contributed by atoms with Crippen molar-refractivity contribution in [1.82, 2.24) is 0 Å². The van der Waals surface area contributed by atoms with Gasteiger partial charge in [-0.15, -0.1) is 0 Å². The van der Waals surface area contributed by atoms with Crippen molar-refractivity contribution in [1.29, 1.82) is 0 Å². The fraction of sp³-hybridized carbons (Fsp3) is 0.857. The second-order valence-corrected chi connectivity index (χ2v) is 2.84. The van der Waals surface area contributed by atoms with Gasteiger partial charge in [-0.05, 0) is 6.92 Å². The van der Waals surface area contributed by atoms with E-state index in [2.05, 4.69) is 0 Å². The van der Waals surface area contributed by atoms with Crippen LogP contribution in [0.25, 0.3) is 0 Å². The average Bonchev–Trinajstić information content (AvgIpc) is 2.12. The van der Waals surface area contributed by atoms with E-state index in [-0.39, 0.29) is 6.54 Å². The number of carbonyl (C=O) groups excluding carboxylic acids is 1. The molecule has 0 radical (unpaired) electrons. The Labute approximate surface area is 75.6 Å². The van der Waals surface area contributed by atoms with Crippen LogP contribution in [-0.4, -0.2) is 57.2 Å². The summed E-state index contributed by atoms with van der Waals surface area (Å²) in [6.07, 6.45) is -6.39. The fourth-order valence-electron chi connectivity index (χ4n) is 0.794. The molecule has 0 heterocycles. The maximum atomic E-state index is 10.6. The molecule has 4 atom stereocenters. The summed E-state index contributed by atoms with van der Waals surface area (Å²) < 4.78 is 0. The molecule has 0 spiro atoms. The van der Waals surface area contributed by atoms with Gasteiger partial charge >= 0.3 is 0 Å². The molecule has 0 fully saturated rings. The number of hydrogen-bond donors (Lipinski definition) is 5. The normalized spacial score (nSPS) is 20.5. The maximum absolute atomic E-state index is 10.6. The number of aliphatic hydroxyl groups excluding tert-OH is 4. The molecule has 0 saturated carbocycles. The molecule has 78 valence electrons. The molecule has 13 heavy (non-hydrogen) atoms. The molecule has 0 aromatic rings. The van der Waals surface area contributed by atoms with E-state index in [4.69, 9.17) is 26.2 Å². The summed E-state index contributed by atoms with van der Waals surface area (Å²) in [7, 11) is 0. The zero-order chi connectivity index (χ0) is 10.6. The Kier molecular flexibility index (Phi) is 5.04. The van der Waals surface area contributed by atoms with Gasteiger partial charge in [-0.3, -0.25) is 4.79 Å². The number of Topliss-reactive ketones (excluding diaryl/α,β-unsaturated/α-hetero) is 1. The van der Waals surface area contributed by atoms with Gasteiger partial charge in [0.2, 0.25) is 0 Å². The van der Waals surface area contributed by atoms with Crippen LogP contribution < -0.4 is 5.73 Å². The third kappa shape index (κ3) is 3.37. The lowest BCUT2D eigenvalue weighted by Crippen LogP contribution is -2.49. The molecule has 0 aliphatic carbocycles. The first-order valence-electron chi connectivity index (χ1n) is 3.84. The van der Waals surface area contributed by atoms with Gasteiger partial charge in [0.1, 0.15) is 18.3 Å². The number of nitrogens with two attached hydrogens (primary N) is 1. The molecule has 0 aromatic heterocycles. The van der Waals surface area contributed by atoms with Gasteiger partial charge in [-0.1, -0.05) is 0 Å². The van der Waals surface area contributed by atoms with E-state index in [0.29, 0.717) is 0 Å². The second-order valence-electron chi connectivity index (χ2n) is 2.84. The van der Waals surface area contributed by atoms with Gasteiger partial charge in [0.05, 0.1) is 6.10 Å². The Balaban J connectivity index is 4.24. The minimum absolute atomic E-state index is 0.261. The van der Waals surface area contributed by atoms with E-state index in [0.717, 1.165) is 6.92 Å². The summed E-state index contributed by atoms with van der Waals surface area (Å²) in [6.45, 7) is 0.804. The van der Waals surface area contributed by atoms with Crippen molar-refractivity contribution in [3.63, 3.8) is 0 Å². The summed E-state index contributed by atoms with van der Waals surface area (Å²) in [5.41, 5.74) is 5.00. The minimum Gasteiger partial charge on any atom is -0.389 e. The van der Waals surface area contributed by atoms with Crippen molar-refractivity contribution in [2.24, 2.45) is 5.73 Å². The van der Waals surface area contributed by atoms with Gasteiger partial charge in [0.15, 0.2) is 5.78 Å². The van der Waals surface area contributed by atoms with Crippen LogP contribution in [-0.2, 0) is 4.79 Å². The van der Waals surface area contributed by atoms with Crippen molar-refractivity contribution in [2.75, 3.05) is 6.54 Å². The zero-order valence-corrected chi connectivity index (χ0v) is 7.29. The van der Waals surface area contributed by atoms with E-state index >= 15 is 0 Å². The van der Waals surface area contributed by atoms with Gasteiger partial charge in [-0.2, -0.15) is 0 Å². The maximum Gasteiger partial charge on any atom is 0.160 e. The first-order chi connectivity index (χ1) is 5.91. The van der Waals surface area contributed by atoms with Crippen LogP contribution in [0.1, 0.15) is 6.92 Å². The van der Waals surface area contributed by atoms with Crippen molar-refractivity contribution in [3.8, 4) is 0 Å². The summed E-state index contributed by atoms with van der Waals surface area (Å²) in [5.74, 6) is -0.684. The topological polar surface area (TPSA) is 124 Å². The monoisotopic (exact) mass is 193 g/mol. The van der Waals surface area contributed by atoms with Crippen molar-refractivity contribution < 1.29 is 25.2 Å². The Bertz CT molecular complexity index is 174. The first kappa shape index (κ1) is 12.5. The molecule has 0 aliphatic heterocycles. The average molecular weight is 193 g/mol. The van der Waals surface area contributed by atoms with E-state index in [1.165, 1.54) is 0 Å². The lowest BCUT2D eigenvalue weighted by Gasteiger charge is -2.24. The lowest BCUT2D eigenvalue weighted by molar-refractivity contribution is -0.142. The standard InChI is InChI=1S/C7H15NO5/c1-3(9)5(11)7(13)6(12)4(10)2-8/h4-7,10-13H,2,8H2,1H3/t4-,5+,6-,7-/m1/s1. The zero-order valence-electron chi connectivity index (χ0n) is 7.29. The number of aliphatic hydroxyl groups is 4. The molecule has 6 N–H and O–H groups in total. The summed E-state index contributed by atoms with van der Waals surface area (Å²) in [5, 5.41) is 36.2. The van der Waals surface area contributed by atoms with Crippen LogP contribution in [0.5, 0.6) is 0 Å². The molecule has 0 amide bonds. The van der Waals surface area contributed by atoms with Crippen LogP contribution >= 0.6 is 0 Å². The van der Waals surface area contributed by atoms with Crippen LogP contribution in [0.15, 0.2) is 0 Å². The quantitative estimate of drug-likeness (QED) is 0.316. The highest BCUT2D eigenvalue weighted by Crippen LogP contribution is 2.05.